The first-order valence-electron chi connectivity index (χ1n) is 6.29. The molecular formula is C13H16Cl2N2O3. The zero-order valence-corrected chi connectivity index (χ0v) is 12.6. The van der Waals surface area contributed by atoms with Gasteiger partial charge in [-0.3, -0.25) is 0 Å². The number of urea groups is 1. The molecule has 1 saturated heterocycles. The molecule has 20 heavy (non-hydrogen) atoms. The monoisotopic (exact) mass is 318 g/mol. The van der Waals surface area contributed by atoms with E-state index < -0.39 is 0 Å². The second kappa shape index (κ2) is 7.02. The Kier molecular flexibility index (Phi) is 5.34. The summed E-state index contributed by atoms with van der Waals surface area (Å²) < 4.78 is 10.5. The molecule has 0 saturated carbocycles. The molecule has 2 amide bonds. The topological polar surface area (TPSA) is 59.6 Å². The fraction of sp³-hybridized carbons (Fsp3) is 0.462. The van der Waals surface area contributed by atoms with E-state index in [0.717, 1.165) is 19.4 Å². The molecule has 0 radical (unpaired) electrons. The Morgan fingerprint density at radius 3 is 2.70 bits per heavy atom. The van der Waals surface area contributed by atoms with Gasteiger partial charge in [-0.1, -0.05) is 23.2 Å². The first-order valence-corrected chi connectivity index (χ1v) is 7.05. The summed E-state index contributed by atoms with van der Waals surface area (Å²) in [6.45, 7) is 1.25. The van der Waals surface area contributed by atoms with Crippen LogP contribution in [0.15, 0.2) is 12.1 Å². The molecule has 0 bridgehead atoms. The minimum Gasteiger partial charge on any atom is -0.494 e. The number of methoxy groups -OCH3 is 1. The van der Waals surface area contributed by atoms with Gasteiger partial charge in [0.1, 0.15) is 0 Å². The largest absolute Gasteiger partial charge is 0.494 e. The van der Waals surface area contributed by atoms with Crippen LogP contribution < -0.4 is 15.4 Å². The van der Waals surface area contributed by atoms with Gasteiger partial charge in [-0.2, -0.15) is 0 Å². The lowest BCUT2D eigenvalue weighted by Crippen LogP contribution is -2.35. The van der Waals surface area contributed by atoms with Crippen molar-refractivity contribution in [1.82, 2.24) is 5.32 Å². The highest BCUT2D eigenvalue weighted by molar-refractivity contribution is 6.37. The fourth-order valence-electron chi connectivity index (χ4n) is 2.01. The maximum Gasteiger partial charge on any atom is 0.319 e. The Hall–Kier alpha value is -1.17. The maximum absolute atomic E-state index is 11.8. The Balaban J connectivity index is 1.90. The number of carbonyl (C=O) groups is 1. The molecule has 2 rings (SSSR count). The molecule has 110 valence electrons. The Morgan fingerprint density at radius 2 is 2.15 bits per heavy atom. The maximum atomic E-state index is 11.8. The van der Waals surface area contributed by atoms with Gasteiger partial charge < -0.3 is 20.1 Å². The molecule has 1 atom stereocenters. The molecule has 1 heterocycles. The van der Waals surface area contributed by atoms with Crippen LogP contribution in [0.25, 0.3) is 0 Å². The molecule has 1 unspecified atom stereocenters. The van der Waals surface area contributed by atoms with Crippen LogP contribution in [-0.4, -0.2) is 32.4 Å². The summed E-state index contributed by atoms with van der Waals surface area (Å²) in [4.78, 5) is 11.8. The number of amides is 2. The number of benzene rings is 1. The van der Waals surface area contributed by atoms with Crippen LogP contribution in [0.5, 0.6) is 5.75 Å². The summed E-state index contributed by atoms with van der Waals surface area (Å²) in [7, 11) is 1.48. The molecular weight excluding hydrogens is 303 g/mol. The summed E-state index contributed by atoms with van der Waals surface area (Å²) in [5, 5.41) is 6.10. The minimum absolute atomic E-state index is 0.101. The smallest absolute Gasteiger partial charge is 0.319 e. The van der Waals surface area contributed by atoms with Crippen LogP contribution in [0, 0.1) is 0 Å². The average molecular weight is 319 g/mol. The van der Waals surface area contributed by atoms with Gasteiger partial charge in [0.15, 0.2) is 5.75 Å². The van der Waals surface area contributed by atoms with Crippen molar-refractivity contribution in [3.63, 3.8) is 0 Å². The third-order valence-corrected chi connectivity index (χ3v) is 3.54. The highest BCUT2D eigenvalue weighted by atomic mass is 35.5. The summed E-state index contributed by atoms with van der Waals surface area (Å²) >= 11 is 12.0. The van der Waals surface area contributed by atoms with Crippen molar-refractivity contribution >= 4 is 34.9 Å². The van der Waals surface area contributed by atoms with E-state index >= 15 is 0 Å². The first-order chi connectivity index (χ1) is 9.60. The van der Waals surface area contributed by atoms with E-state index in [4.69, 9.17) is 32.7 Å². The van der Waals surface area contributed by atoms with Crippen molar-refractivity contribution in [2.24, 2.45) is 0 Å². The lowest BCUT2D eigenvalue weighted by molar-refractivity contribution is 0.112. The molecule has 1 aliphatic heterocycles. The zero-order chi connectivity index (χ0) is 14.5. The number of hydrogen-bond donors (Lipinski definition) is 2. The molecule has 7 heteroatoms. The fourth-order valence-corrected chi connectivity index (χ4v) is 2.66. The van der Waals surface area contributed by atoms with Gasteiger partial charge in [0.05, 0.1) is 23.3 Å². The molecule has 5 nitrogen and oxygen atoms in total. The standard InChI is InChI=1S/C13H16Cl2N2O3/c1-19-12-10(14)5-8(6-11(12)15)17-13(18)16-7-9-3-2-4-20-9/h5-6,9H,2-4,7H2,1H3,(H2,16,17,18). The molecule has 0 spiro atoms. The van der Waals surface area contributed by atoms with E-state index in [2.05, 4.69) is 10.6 Å². The van der Waals surface area contributed by atoms with Gasteiger partial charge in [0.25, 0.3) is 0 Å². The third-order valence-electron chi connectivity index (χ3n) is 2.97. The van der Waals surface area contributed by atoms with Crippen molar-refractivity contribution in [2.75, 3.05) is 25.6 Å². The summed E-state index contributed by atoms with van der Waals surface area (Å²) in [6.07, 6.45) is 2.11. The van der Waals surface area contributed by atoms with Crippen molar-refractivity contribution in [3.8, 4) is 5.75 Å². The number of anilines is 1. The molecule has 1 fully saturated rings. The lowest BCUT2D eigenvalue weighted by atomic mass is 10.2. The van der Waals surface area contributed by atoms with Crippen molar-refractivity contribution in [2.45, 2.75) is 18.9 Å². The van der Waals surface area contributed by atoms with Crippen LogP contribution in [-0.2, 0) is 4.74 Å². The van der Waals surface area contributed by atoms with Gasteiger partial charge in [0.2, 0.25) is 0 Å². The molecule has 2 N–H and O–H groups in total. The highest BCUT2D eigenvalue weighted by Gasteiger charge is 2.16. The number of ether oxygens (including phenoxy) is 2. The van der Waals surface area contributed by atoms with E-state index in [1.165, 1.54) is 7.11 Å². The molecule has 0 aromatic heterocycles. The van der Waals surface area contributed by atoms with Crippen LogP contribution in [0.4, 0.5) is 10.5 Å². The first kappa shape index (κ1) is 15.2. The molecule has 0 aliphatic carbocycles. The number of rotatable bonds is 4. The zero-order valence-electron chi connectivity index (χ0n) is 11.0. The Labute approximate surface area is 127 Å². The third kappa shape index (κ3) is 3.91. The van der Waals surface area contributed by atoms with E-state index in [-0.39, 0.29) is 12.1 Å². The van der Waals surface area contributed by atoms with Crippen LogP contribution >= 0.6 is 23.2 Å². The lowest BCUT2D eigenvalue weighted by Gasteiger charge is -2.13. The van der Waals surface area contributed by atoms with Crippen molar-refractivity contribution < 1.29 is 14.3 Å². The molecule has 1 aromatic carbocycles. The van der Waals surface area contributed by atoms with Gasteiger partial charge >= 0.3 is 6.03 Å². The second-order valence-corrected chi connectivity index (χ2v) is 5.26. The number of carbonyl (C=O) groups excluding carboxylic acids is 1. The number of nitrogens with one attached hydrogen (secondary N) is 2. The summed E-state index contributed by atoms with van der Waals surface area (Å²) in [5.41, 5.74) is 0.505. The van der Waals surface area contributed by atoms with E-state index in [0.29, 0.717) is 28.0 Å². The highest BCUT2D eigenvalue weighted by Crippen LogP contribution is 2.35. The van der Waals surface area contributed by atoms with Crippen LogP contribution in [0.2, 0.25) is 10.0 Å². The van der Waals surface area contributed by atoms with Crippen LogP contribution in [0.1, 0.15) is 12.8 Å². The van der Waals surface area contributed by atoms with Gasteiger partial charge in [-0.25, -0.2) is 4.79 Å². The summed E-state index contributed by atoms with van der Waals surface area (Å²) in [6, 6.07) is 2.84. The van der Waals surface area contributed by atoms with E-state index in [1.807, 2.05) is 0 Å². The minimum atomic E-state index is -0.321. The van der Waals surface area contributed by atoms with Gasteiger partial charge in [-0.15, -0.1) is 0 Å². The normalized spacial score (nSPS) is 17.9. The van der Waals surface area contributed by atoms with Gasteiger partial charge in [0, 0.05) is 18.8 Å². The second-order valence-electron chi connectivity index (χ2n) is 4.44. The van der Waals surface area contributed by atoms with E-state index in [9.17, 15) is 4.79 Å². The number of hydrogen-bond acceptors (Lipinski definition) is 3. The SMILES string of the molecule is COc1c(Cl)cc(NC(=O)NCC2CCCO2)cc1Cl. The number of halogens is 2. The molecule has 1 aromatic rings. The van der Waals surface area contributed by atoms with Crippen molar-refractivity contribution in [1.29, 1.82) is 0 Å². The quantitative estimate of drug-likeness (QED) is 0.895. The Morgan fingerprint density at radius 1 is 1.45 bits per heavy atom. The summed E-state index contributed by atoms with van der Waals surface area (Å²) in [5.74, 6) is 0.388. The van der Waals surface area contributed by atoms with Gasteiger partial charge in [-0.05, 0) is 25.0 Å². The predicted octanol–water partition coefficient (Wildman–Crippen LogP) is 3.30. The predicted molar refractivity (Wildman–Crippen MR) is 79.0 cm³/mol. The average Bonchev–Trinajstić information content (AvgIpc) is 2.89. The molecule has 1 aliphatic rings. The van der Waals surface area contributed by atoms with Crippen LogP contribution in [0.3, 0.4) is 0 Å². The Bertz CT molecular complexity index is 467. The van der Waals surface area contributed by atoms with Crippen molar-refractivity contribution in [3.05, 3.63) is 22.2 Å². The van der Waals surface area contributed by atoms with E-state index in [1.54, 1.807) is 12.1 Å².